The van der Waals surface area contributed by atoms with E-state index in [9.17, 15) is 9.59 Å². The second-order valence-electron chi connectivity index (χ2n) is 7.01. The first-order valence-electron chi connectivity index (χ1n) is 8.93. The average Bonchev–Trinajstić information content (AvgIpc) is 3.29. The first kappa shape index (κ1) is 16.7. The zero-order valence-electron chi connectivity index (χ0n) is 14.0. The molecule has 1 N–H and O–H groups in total. The van der Waals surface area contributed by atoms with Crippen LogP contribution in [0.25, 0.3) is 0 Å². The molecule has 2 saturated heterocycles. The van der Waals surface area contributed by atoms with Gasteiger partial charge >= 0.3 is 0 Å². The summed E-state index contributed by atoms with van der Waals surface area (Å²) in [6.45, 7) is 5.29. The molecule has 6 heteroatoms. The van der Waals surface area contributed by atoms with Crippen molar-refractivity contribution in [3.05, 3.63) is 0 Å². The first-order valence-corrected chi connectivity index (χ1v) is 8.93. The third-order valence-corrected chi connectivity index (χ3v) is 5.14. The van der Waals surface area contributed by atoms with Gasteiger partial charge in [0, 0.05) is 32.7 Å². The van der Waals surface area contributed by atoms with E-state index in [0.29, 0.717) is 45.2 Å². The van der Waals surface area contributed by atoms with Crippen LogP contribution in [0.3, 0.4) is 0 Å². The van der Waals surface area contributed by atoms with Gasteiger partial charge in [0.25, 0.3) is 5.91 Å². The van der Waals surface area contributed by atoms with Crippen molar-refractivity contribution in [2.75, 3.05) is 39.5 Å². The largest absolute Gasteiger partial charge is 0.378 e. The molecular weight excluding hydrogens is 296 g/mol. The maximum Gasteiger partial charge on any atom is 0.257 e. The Bertz CT molecular complexity index is 444. The Hall–Kier alpha value is -1.14. The molecule has 2 aliphatic heterocycles. The van der Waals surface area contributed by atoms with Gasteiger partial charge in [0.1, 0.15) is 0 Å². The van der Waals surface area contributed by atoms with E-state index in [1.54, 1.807) is 0 Å². The highest BCUT2D eigenvalue weighted by Gasteiger charge is 2.46. The van der Waals surface area contributed by atoms with Crippen LogP contribution in [-0.4, -0.2) is 61.8 Å². The minimum atomic E-state index is -0.832. The fourth-order valence-electron chi connectivity index (χ4n) is 3.54. The first-order chi connectivity index (χ1) is 11.1. The Morgan fingerprint density at radius 1 is 1.35 bits per heavy atom. The van der Waals surface area contributed by atoms with Crippen molar-refractivity contribution in [3.63, 3.8) is 0 Å². The number of nitrogens with zero attached hydrogens (tertiary/aromatic N) is 1. The van der Waals surface area contributed by atoms with Crippen LogP contribution < -0.4 is 5.32 Å². The number of hydrogen-bond donors (Lipinski definition) is 1. The van der Waals surface area contributed by atoms with Gasteiger partial charge in [-0.1, -0.05) is 0 Å². The fraction of sp³-hybridized carbons (Fsp3) is 0.882. The van der Waals surface area contributed by atoms with E-state index in [0.717, 1.165) is 19.4 Å². The number of nitrogens with one attached hydrogen (secondary N) is 1. The molecule has 2 amide bonds. The lowest BCUT2D eigenvalue weighted by Gasteiger charge is -2.37. The van der Waals surface area contributed by atoms with E-state index in [1.165, 1.54) is 12.8 Å². The van der Waals surface area contributed by atoms with Crippen molar-refractivity contribution in [2.45, 2.75) is 44.6 Å². The minimum Gasteiger partial charge on any atom is -0.378 e. The van der Waals surface area contributed by atoms with Crippen LogP contribution >= 0.6 is 0 Å². The molecule has 23 heavy (non-hydrogen) atoms. The van der Waals surface area contributed by atoms with Crippen LogP contribution in [0.2, 0.25) is 0 Å². The van der Waals surface area contributed by atoms with E-state index in [2.05, 4.69) is 5.32 Å². The normalized spacial score (nSPS) is 31.2. The molecule has 0 aromatic carbocycles. The minimum absolute atomic E-state index is 0.00320. The monoisotopic (exact) mass is 324 g/mol. The van der Waals surface area contributed by atoms with Crippen molar-refractivity contribution in [2.24, 2.45) is 11.8 Å². The summed E-state index contributed by atoms with van der Waals surface area (Å²) in [5.74, 6) is 0.684. The van der Waals surface area contributed by atoms with Crippen molar-refractivity contribution < 1.29 is 19.1 Å². The Kier molecular flexibility index (Phi) is 5.21. The van der Waals surface area contributed by atoms with Crippen LogP contribution in [0.1, 0.15) is 39.0 Å². The molecule has 0 aromatic rings. The number of likely N-dealkylation sites (tertiary alicyclic amines) is 1. The molecule has 3 rings (SSSR count). The van der Waals surface area contributed by atoms with Crippen molar-refractivity contribution in [1.29, 1.82) is 0 Å². The molecule has 2 heterocycles. The van der Waals surface area contributed by atoms with Gasteiger partial charge in [-0.15, -0.1) is 0 Å². The summed E-state index contributed by atoms with van der Waals surface area (Å²) in [6, 6.07) is 0. The highest BCUT2D eigenvalue weighted by Crippen LogP contribution is 2.29. The number of carbonyl (C=O) groups excluding carboxylic acids is 2. The number of amides is 2. The maximum absolute atomic E-state index is 12.9. The summed E-state index contributed by atoms with van der Waals surface area (Å²) >= 11 is 0. The number of piperidine rings is 1. The second-order valence-corrected chi connectivity index (χ2v) is 7.01. The molecule has 0 aromatic heterocycles. The molecule has 0 radical (unpaired) electrons. The maximum atomic E-state index is 12.9. The van der Waals surface area contributed by atoms with Gasteiger partial charge in [0.2, 0.25) is 5.91 Å². The Labute approximate surface area is 137 Å². The van der Waals surface area contributed by atoms with E-state index in [4.69, 9.17) is 9.47 Å². The summed E-state index contributed by atoms with van der Waals surface area (Å²) in [5, 5.41) is 3.05. The van der Waals surface area contributed by atoms with Gasteiger partial charge in [0.15, 0.2) is 5.60 Å². The Balaban J connectivity index is 1.58. The Morgan fingerprint density at radius 2 is 2.17 bits per heavy atom. The average molecular weight is 324 g/mol. The van der Waals surface area contributed by atoms with Crippen LogP contribution in [0, 0.1) is 11.8 Å². The van der Waals surface area contributed by atoms with Crippen molar-refractivity contribution >= 4 is 11.8 Å². The topological polar surface area (TPSA) is 67.9 Å². The summed E-state index contributed by atoms with van der Waals surface area (Å²) in [6.07, 6.45) is 4.79. The van der Waals surface area contributed by atoms with Crippen LogP contribution in [0.15, 0.2) is 0 Å². The van der Waals surface area contributed by atoms with E-state index >= 15 is 0 Å². The molecule has 6 nitrogen and oxygen atoms in total. The van der Waals surface area contributed by atoms with Crippen LogP contribution in [-0.2, 0) is 19.1 Å². The van der Waals surface area contributed by atoms with E-state index in [1.807, 2.05) is 11.8 Å². The van der Waals surface area contributed by atoms with Crippen molar-refractivity contribution in [3.8, 4) is 0 Å². The zero-order chi connectivity index (χ0) is 16.3. The van der Waals surface area contributed by atoms with Crippen molar-refractivity contribution in [1.82, 2.24) is 10.2 Å². The van der Waals surface area contributed by atoms with E-state index in [-0.39, 0.29) is 17.7 Å². The molecule has 1 aliphatic carbocycles. The highest BCUT2D eigenvalue weighted by atomic mass is 16.6. The predicted octanol–water partition coefficient (Wildman–Crippen LogP) is 0.947. The molecule has 3 aliphatic rings. The lowest BCUT2D eigenvalue weighted by atomic mass is 9.93. The third kappa shape index (κ3) is 3.86. The lowest BCUT2D eigenvalue weighted by molar-refractivity contribution is -0.160. The fourth-order valence-corrected chi connectivity index (χ4v) is 3.54. The molecule has 2 unspecified atom stereocenters. The lowest BCUT2D eigenvalue weighted by Crippen LogP contribution is -2.55. The van der Waals surface area contributed by atoms with Gasteiger partial charge in [-0.2, -0.15) is 0 Å². The number of ether oxygens (including phenoxy) is 2. The van der Waals surface area contributed by atoms with Gasteiger partial charge in [-0.05, 0) is 38.5 Å². The molecule has 2 atom stereocenters. The van der Waals surface area contributed by atoms with Gasteiger partial charge in [0.05, 0.1) is 19.1 Å². The SMILES string of the molecule is CCOC1(C(=O)N2CCCC(C(=O)NCC3CC3)C2)CCOC1. The predicted molar refractivity (Wildman–Crippen MR) is 84.8 cm³/mol. The standard InChI is InChI=1S/C17H28N2O4/c1-2-23-17(7-9-22-12-17)16(21)19-8-3-4-14(11-19)15(20)18-10-13-5-6-13/h13-14H,2-12H2,1H3,(H,18,20). The van der Waals surface area contributed by atoms with Gasteiger partial charge in [-0.3, -0.25) is 9.59 Å². The van der Waals surface area contributed by atoms with Crippen LogP contribution in [0.5, 0.6) is 0 Å². The second kappa shape index (κ2) is 7.18. The molecule has 0 bridgehead atoms. The molecule has 0 spiro atoms. The van der Waals surface area contributed by atoms with Crippen LogP contribution in [0.4, 0.5) is 0 Å². The molecule has 3 fully saturated rings. The summed E-state index contributed by atoms with van der Waals surface area (Å²) in [4.78, 5) is 27.1. The number of hydrogen-bond acceptors (Lipinski definition) is 4. The van der Waals surface area contributed by atoms with Gasteiger partial charge in [-0.25, -0.2) is 0 Å². The smallest absolute Gasteiger partial charge is 0.257 e. The quantitative estimate of drug-likeness (QED) is 0.790. The molecular formula is C17H28N2O4. The molecule has 130 valence electrons. The Morgan fingerprint density at radius 3 is 2.83 bits per heavy atom. The third-order valence-electron chi connectivity index (χ3n) is 5.14. The zero-order valence-corrected chi connectivity index (χ0v) is 14.0. The summed E-state index contributed by atoms with van der Waals surface area (Å²) in [5.41, 5.74) is -0.832. The van der Waals surface area contributed by atoms with Gasteiger partial charge < -0.3 is 19.7 Å². The summed E-state index contributed by atoms with van der Waals surface area (Å²) < 4.78 is 11.2. The van der Waals surface area contributed by atoms with E-state index < -0.39 is 5.60 Å². The number of rotatable bonds is 6. The summed E-state index contributed by atoms with van der Waals surface area (Å²) in [7, 11) is 0. The highest BCUT2D eigenvalue weighted by molar-refractivity contribution is 5.87. The molecule has 1 saturated carbocycles. The number of carbonyl (C=O) groups is 2.